The molecule has 0 amide bonds. The van der Waals surface area contributed by atoms with Crippen molar-refractivity contribution < 1.29 is 4.74 Å². The zero-order chi connectivity index (χ0) is 12.3. The molecule has 1 heterocycles. The fourth-order valence-corrected chi connectivity index (χ4v) is 0.993. The first kappa shape index (κ1) is 13.0. The van der Waals surface area contributed by atoms with E-state index in [2.05, 4.69) is 28.7 Å². The van der Waals surface area contributed by atoms with Gasteiger partial charge >= 0.3 is 0 Å². The van der Waals surface area contributed by atoms with Crippen molar-refractivity contribution in [1.82, 2.24) is 14.9 Å². The monoisotopic (exact) mass is 244 g/mol. The quantitative estimate of drug-likeness (QED) is 0.868. The number of nitrogens with zero attached hydrogens (tertiary/aromatic N) is 3. The normalized spacial score (nSPS) is 11.9. The molecule has 5 nitrogen and oxygen atoms in total. The average molecular weight is 245 g/mol. The molecule has 0 bridgehead atoms. The Morgan fingerprint density at radius 1 is 1.44 bits per heavy atom. The van der Waals surface area contributed by atoms with Gasteiger partial charge in [0.2, 0.25) is 5.88 Å². The number of hydrogen-bond acceptors (Lipinski definition) is 5. The highest BCUT2D eigenvalue weighted by atomic mass is 35.5. The molecule has 1 aromatic rings. The van der Waals surface area contributed by atoms with Crippen LogP contribution < -0.4 is 10.5 Å². The minimum absolute atomic E-state index is 0.108. The Kier molecular flexibility index (Phi) is 3.93. The molecule has 0 atom stereocenters. The molecule has 0 aromatic carbocycles. The van der Waals surface area contributed by atoms with Crippen LogP contribution in [0.1, 0.15) is 13.8 Å². The molecule has 16 heavy (non-hydrogen) atoms. The van der Waals surface area contributed by atoms with Crippen molar-refractivity contribution in [3.8, 4) is 5.88 Å². The van der Waals surface area contributed by atoms with Crippen LogP contribution in [0.25, 0.3) is 0 Å². The van der Waals surface area contributed by atoms with Gasteiger partial charge in [0.1, 0.15) is 23.8 Å². The second kappa shape index (κ2) is 4.84. The van der Waals surface area contributed by atoms with E-state index >= 15 is 0 Å². The molecular formula is C10H17ClN4O. The second-order valence-electron chi connectivity index (χ2n) is 4.37. The van der Waals surface area contributed by atoms with E-state index in [9.17, 15) is 0 Å². The summed E-state index contributed by atoms with van der Waals surface area (Å²) < 4.78 is 5.54. The van der Waals surface area contributed by atoms with Crippen LogP contribution in [0.5, 0.6) is 5.88 Å². The van der Waals surface area contributed by atoms with Crippen molar-refractivity contribution in [2.45, 2.75) is 19.4 Å². The zero-order valence-electron chi connectivity index (χ0n) is 9.99. The molecule has 0 spiro atoms. The number of likely N-dealkylation sites (N-methyl/N-ethyl adjacent to an activating group) is 1. The summed E-state index contributed by atoms with van der Waals surface area (Å²) >= 11 is 5.91. The summed E-state index contributed by atoms with van der Waals surface area (Å²) in [5, 5.41) is 0.261. The summed E-state index contributed by atoms with van der Waals surface area (Å²) in [6, 6.07) is 0. The first-order chi connectivity index (χ1) is 7.34. The SMILES string of the molecule is CN(C)C(C)(C)COc1ncnc(N)c1Cl. The summed E-state index contributed by atoms with van der Waals surface area (Å²) in [7, 11) is 3.97. The molecule has 0 aliphatic carbocycles. The van der Waals surface area contributed by atoms with Gasteiger partial charge in [0.15, 0.2) is 0 Å². The molecule has 0 aliphatic rings. The molecule has 2 N–H and O–H groups in total. The Labute approximate surface area is 101 Å². The van der Waals surface area contributed by atoms with E-state index < -0.39 is 0 Å². The molecule has 0 unspecified atom stereocenters. The lowest BCUT2D eigenvalue weighted by molar-refractivity contribution is 0.111. The largest absolute Gasteiger partial charge is 0.475 e. The van der Waals surface area contributed by atoms with Crippen LogP contribution in [-0.4, -0.2) is 41.1 Å². The zero-order valence-corrected chi connectivity index (χ0v) is 10.7. The number of ether oxygens (including phenoxy) is 1. The Bertz CT molecular complexity index is 368. The van der Waals surface area contributed by atoms with Crippen molar-refractivity contribution in [2.75, 3.05) is 26.4 Å². The van der Waals surface area contributed by atoms with Crippen molar-refractivity contribution >= 4 is 17.4 Å². The number of nitrogen functional groups attached to an aromatic ring is 1. The Balaban J connectivity index is 2.72. The summed E-state index contributed by atoms with van der Waals surface area (Å²) in [6.45, 7) is 4.59. The van der Waals surface area contributed by atoms with E-state index in [1.165, 1.54) is 6.33 Å². The summed E-state index contributed by atoms with van der Waals surface area (Å²) in [5.74, 6) is 0.554. The topological polar surface area (TPSA) is 64.3 Å². The first-order valence-corrected chi connectivity index (χ1v) is 5.28. The van der Waals surface area contributed by atoms with Gasteiger partial charge in [-0.2, -0.15) is 0 Å². The van der Waals surface area contributed by atoms with E-state index in [0.29, 0.717) is 12.5 Å². The van der Waals surface area contributed by atoms with Gasteiger partial charge in [0.05, 0.1) is 0 Å². The van der Waals surface area contributed by atoms with Gasteiger partial charge in [0, 0.05) is 5.54 Å². The lowest BCUT2D eigenvalue weighted by Crippen LogP contribution is -2.43. The molecule has 90 valence electrons. The maximum Gasteiger partial charge on any atom is 0.238 e. The van der Waals surface area contributed by atoms with Crippen LogP contribution in [-0.2, 0) is 0 Å². The van der Waals surface area contributed by atoms with Crippen LogP contribution in [0.15, 0.2) is 6.33 Å². The van der Waals surface area contributed by atoms with Gasteiger partial charge in [-0.1, -0.05) is 11.6 Å². The molecule has 1 aromatic heterocycles. The average Bonchev–Trinajstić information content (AvgIpc) is 2.20. The lowest BCUT2D eigenvalue weighted by Gasteiger charge is -2.31. The highest BCUT2D eigenvalue weighted by Gasteiger charge is 2.22. The van der Waals surface area contributed by atoms with E-state index in [1.54, 1.807) is 0 Å². The molecule has 6 heteroatoms. The number of anilines is 1. The molecular weight excluding hydrogens is 228 g/mol. The van der Waals surface area contributed by atoms with E-state index in [4.69, 9.17) is 22.1 Å². The predicted molar refractivity (Wildman–Crippen MR) is 64.7 cm³/mol. The standard InChI is InChI=1S/C10H17ClN4O/c1-10(2,15(3)4)5-16-9-7(11)8(12)13-6-14-9/h6H,5H2,1-4H3,(H2,12,13,14). The Hall–Kier alpha value is -1.07. The third-order valence-corrected chi connectivity index (χ3v) is 2.91. The van der Waals surface area contributed by atoms with Crippen molar-refractivity contribution in [3.63, 3.8) is 0 Å². The lowest BCUT2D eigenvalue weighted by atomic mass is 10.1. The molecule has 0 saturated carbocycles. The van der Waals surface area contributed by atoms with Crippen LogP contribution in [0, 0.1) is 0 Å². The number of rotatable bonds is 4. The van der Waals surface area contributed by atoms with Gasteiger partial charge in [0.25, 0.3) is 0 Å². The predicted octanol–water partition coefficient (Wildman–Crippen LogP) is 1.43. The van der Waals surface area contributed by atoms with Crippen LogP contribution in [0.2, 0.25) is 5.02 Å². The third-order valence-electron chi connectivity index (χ3n) is 2.56. The second-order valence-corrected chi connectivity index (χ2v) is 4.75. The highest BCUT2D eigenvalue weighted by molar-refractivity contribution is 6.33. The molecule has 0 fully saturated rings. The van der Waals surface area contributed by atoms with Gasteiger partial charge in [-0.05, 0) is 27.9 Å². The minimum atomic E-state index is -0.108. The number of nitrogens with two attached hydrogens (primary N) is 1. The molecule has 0 radical (unpaired) electrons. The number of hydrogen-bond donors (Lipinski definition) is 1. The smallest absolute Gasteiger partial charge is 0.238 e. The van der Waals surface area contributed by atoms with Gasteiger partial charge in [-0.25, -0.2) is 9.97 Å². The van der Waals surface area contributed by atoms with E-state index in [0.717, 1.165) is 0 Å². The highest BCUT2D eigenvalue weighted by Crippen LogP contribution is 2.26. The van der Waals surface area contributed by atoms with Gasteiger partial charge in [-0.15, -0.1) is 0 Å². The van der Waals surface area contributed by atoms with Crippen LogP contribution >= 0.6 is 11.6 Å². The van der Waals surface area contributed by atoms with E-state index in [-0.39, 0.29) is 16.4 Å². The maximum atomic E-state index is 5.91. The fraction of sp³-hybridized carbons (Fsp3) is 0.600. The Morgan fingerprint density at radius 2 is 2.06 bits per heavy atom. The molecule has 0 aliphatic heterocycles. The molecule has 0 saturated heterocycles. The van der Waals surface area contributed by atoms with Crippen LogP contribution in [0.3, 0.4) is 0 Å². The molecule has 1 rings (SSSR count). The van der Waals surface area contributed by atoms with E-state index in [1.807, 2.05) is 14.1 Å². The van der Waals surface area contributed by atoms with Crippen molar-refractivity contribution in [1.29, 1.82) is 0 Å². The summed E-state index contributed by atoms with van der Waals surface area (Å²) in [5.41, 5.74) is 5.44. The first-order valence-electron chi connectivity index (χ1n) is 4.91. The number of aromatic nitrogens is 2. The third kappa shape index (κ3) is 2.96. The number of halogens is 1. The summed E-state index contributed by atoms with van der Waals surface area (Å²) in [6.07, 6.45) is 1.33. The fourth-order valence-electron chi connectivity index (χ4n) is 0.841. The van der Waals surface area contributed by atoms with Gasteiger partial charge in [-0.3, -0.25) is 0 Å². The maximum absolute atomic E-state index is 5.91. The van der Waals surface area contributed by atoms with Crippen molar-refractivity contribution in [3.05, 3.63) is 11.3 Å². The van der Waals surface area contributed by atoms with Gasteiger partial charge < -0.3 is 15.4 Å². The summed E-state index contributed by atoms with van der Waals surface area (Å²) in [4.78, 5) is 9.76. The Morgan fingerprint density at radius 3 is 2.62 bits per heavy atom. The minimum Gasteiger partial charge on any atom is -0.475 e. The van der Waals surface area contributed by atoms with Crippen LogP contribution in [0.4, 0.5) is 5.82 Å². The van der Waals surface area contributed by atoms with Crippen molar-refractivity contribution in [2.24, 2.45) is 0 Å².